The van der Waals surface area contributed by atoms with Crippen LogP contribution in [0.5, 0.6) is 0 Å². The molecule has 0 bridgehead atoms. The molecule has 42 valence electrons. The van der Waals surface area contributed by atoms with E-state index < -0.39 is 7.25 Å². The fraction of sp³-hybridized carbons (Fsp3) is 0. The van der Waals surface area contributed by atoms with Crippen LogP contribution in [-0.2, 0) is 0 Å². The van der Waals surface area contributed by atoms with Gasteiger partial charge in [0.1, 0.15) is 12.7 Å². The van der Waals surface area contributed by atoms with Crippen LogP contribution < -0.4 is 0 Å². The lowest BCUT2D eigenvalue weighted by molar-refractivity contribution is 0.382. The predicted octanol–water partition coefficient (Wildman–Crippen LogP) is -1.90. The topological polar surface area (TPSA) is 71.2 Å². The van der Waals surface area contributed by atoms with Crippen molar-refractivity contribution in [3.05, 3.63) is 12.7 Å². The highest BCUT2D eigenvalue weighted by atomic mass is 16.4. The standard InChI is InChI=1S/C2H4BN3O2/c7-3(8)6-2-4-1-5-6/h1-2,7-8H. The Morgan fingerprint density at radius 2 is 2.25 bits per heavy atom. The quantitative estimate of drug-likeness (QED) is 0.417. The highest BCUT2D eigenvalue weighted by Crippen LogP contribution is 1.74. The van der Waals surface area contributed by atoms with Gasteiger partial charge in [-0.2, -0.15) is 5.10 Å². The second kappa shape index (κ2) is 1.93. The molecule has 8 heavy (non-hydrogen) atoms. The first kappa shape index (κ1) is 5.27. The number of hydrogen-bond donors (Lipinski definition) is 2. The second-order valence-corrected chi connectivity index (χ2v) is 1.22. The van der Waals surface area contributed by atoms with E-state index in [9.17, 15) is 0 Å². The maximum absolute atomic E-state index is 8.33. The summed E-state index contributed by atoms with van der Waals surface area (Å²) in [6, 6.07) is 0. The average molecular weight is 113 g/mol. The molecule has 1 aromatic heterocycles. The average Bonchev–Trinajstić information content (AvgIpc) is 2.12. The smallest absolute Gasteiger partial charge is 0.407 e. The van der Waals surface area contributed by atoms with Gasteiger partial charge in [-0.3, -0.25) is 0 Å². The third-order valence-corrected chi connectivity index (χ3v) is 0.673. The molecule has 0 aromatic carbocycles. The lowest BCUT2D eigenvalue weighted by Gasteiger charge is -1.91. The zero-order valence-electron chi connectivity index (χ0n) is 3.97. The zero-order valence-corrected chi connectivity index (χ0v) is 3.97. The van der Waals surface area contributed by atoms with Crippen LogP contribution in [0.4, 0.5) is 0 Å². The molecule has 1 rings (SSSR count). The van der Waals surface area contributed by atoms with Crippen LogP contribution in [0.25, 0.3) is 0 Å². The first-order valence-electron chi connectivity index (χ1n) is 2.01. The van der Waals surface area contributed by atoms with Crippen LogP contribution in [0.1, 0.15) is 0 Å². The Bertz CT molecular complexity index is 150. The molecule has 0 fully saturated rings. The van der Waals surface area contributed by atoms with Gasteiger partial charge in [0.15, 0.2) is 0 Å². The van der Waals surface area contributed by atoms with Gasteiger partial charge in [-0.05, 0) is 0 Å². The van der Waals surface area contributed by atoms with E-state index in [4.69, 9.17) is 10.0 Å². The van der Waals surface area contributed by atoms with Gasteiger partial charge in [-0.25, -0.2) is 9.58 Å². The van der Waals surface area contributed by atoms with Crippen molar-refractivity contribution in [3.63, 3.8) is 0 Å². The Morgan fingerprint density at radius 1 is 1.50 bits per heavy atom. The van der Waals surface area contributed by atoms with Crippen LogP contribution in [0.2, 0.25) is 0 Å². The number of rotatable bonds is 1. The molecular formula is C2H4BN3O2. The predicted molar refractivity (Wildman–Crippen MR) is 25.6 cm³/mol. The van der Waals surface area contributed by atoms with E-state index in [0.29, 0.717) is 0 Å². The minimum absolute atomic E-state index is 0.917. The van der Waals surface area contributed by atoms with Crippen LogP contribution in [-0.4, -0.2) is 32.0 Å². The van der Waals surface area contributed by atoms with Gasteiger partial charge >= 0.3 is 7.25 Å². The molecule has 0 saturated heterocycles. The van der Waals surface area contributed by atoms with E-state index in [0.717, 1.165) is 4.59 Å². The molecule has 0 aliphatic rings. The van der Waals surface area contributed by atoms with Crippen molar-refractivity contribution in [2.45, 2.75) is 0 Å². The molecule has 0 atom stereocenters. The summed E-state index contributed by atoms with van der Waals surface area (Å²) in [7, 11) is -1.57. The molecule has 1 aromatic rings. The van der Waals surface area contributed by atoms with Crippen LogP contribution in [0, 0.1) is 0 Å². The molecule has 0 spiro atoms. The van der Waals surface area contributed by atoms with Crippen molar-refractivity contribution in [2.75, 3.05) is 0 Å². The molecule has 0 radical (unpaired) electrons. The lowest BCUT2D eigenvalue weighted by Crippen LogP contribution is -2.23. The molecule has 2 N–H and O–H groups in total. The maximum Gasteiger partial charge on any atom is 0.610 e. The highest BCUT2D eigenvalue weighted by molar-refractivity contribution is 6.38. The first-order chi connectivity index (χ1) is 3.80. The van der Waals surface area contributed by atoms with E-state index >= 15 is 0 Å². The molecule has 0 aliphatic carbocycles. The number of nitrogens with zero attached hydrogens (tertiary/aromatic N) is 3. The van der Waals surface area contributed by atoms with Crippen molar-refractivity contribution in [2.24, 2.45) is 0 Å². The van der Waals surface area contributed by atoms with Gasteiger partial charge in [0.25, 0.3) is 0 Å². The Morgan fingerprint density at radius 3 is 2.50 bits per heavy atom. The first-order valence-corrected chi connectivity index (χ1v) is 2.01. The molecule has 5 nitrogen and oxygen atoms in total. The maximum atomic E-state index is 8.33. The molecule has 0 aliphatic heterocycles. The lowest BCUT2D eigenvalue weighted by atomic mass is 10.2. The Labute approximate surface area is 45.8 Å². The highest BCUT2D eigenvalue weighted by Gasteiger charge is 2.09. The molecule has 0 unspecified atom stereocenters. The molecule has 6 heteroatoms. The Hall–Kier alpha value is -0.875. The van der Waals surface area contributed by atoms with E-state index in [1.54, 1.807) is 0 Å². The second-order valence-electron chi connectivity index (χ2n) is 1.22. The summed E-state index contributed by atoms with van der Waals surface area (Å²) in [6.07, 6.45) is 2.43. The van der Waals surface area contributed by atoms with Crippen molar-refractivity contribution in [3.8, 4) is 0 Å². The van der Waals surface area contributed by atoms with Gasteiger partial charge < -0.3 is 10.0 Å². The largest absolute Gasteiger partial charge is 0.610 e. The molecule has 1 heterocycles. The summed E-state index contributed by atoms with van der Waals surface area (Å²) in [5.41, 5.74) is 0. The summed E-state index contributed by atoms with van der Waals surface area (Å²) in [5, 5.41) is 20.1. The van der Waals surface area contributed by atoms with E-state index in [1.165, 1.54) is 12.7 Å². The monoisotopic (exact) mass is 113 g/mol. The van der Waals surface area contributed by atoms with Crippen LogP contribution in [0.3, 0.4) is 0 Å². The van der Waals surface area contributed by atoms with E-state index in [2.05, 4.69) is 10.1 Å². The van der Waals surface area contributed by atoms with Gasteiger partial charge in [-0.15, -0.1) is 0 Å². The van der Waals surface area contributed by atoms with Crippen molar-refractivity contribution >= 4 is 7.25 Å². The third kappa shape index (κ3) is 0.851. The van der Waals surface area contributed by atoms with E-state index in [-0.39, 0.29) is 0 Å². The summed E-state index contributed by atoms with van der Waals surface area (Å²) >= 11 is 0. The summed E-state index contributed by atoms with van der Waals surface area (Å²) in [6.45, 7) is 0. The van der Waals surface area contributed by atoms with E-state index in [1.807, 2.05) is 0 Å². The van der Waals surface area contributed by atoms with Crippen molar-refractivity contribution in [1.82, 2.24) is 14.7 Å². The van der Waals surface area contributed by atoms with Gasteiger partial charge in [0.05, 0.1) is 0 Å². The minimum atomic E-state index is -1.57. The Balaban J connectivity index is 2.77. The SMILES string of the molecule is OB(O)n1cncn1. The fourth-order valence-electron chi connectivity index (χ4n) is 0.337. The van der Waals surface area contributed by atoms with Crippen molar-refractivity contribution < 1.29 is 10.0 Å². The molecule has 0 amide bonds. The normalized spacial score (nSPS) is 9.25. The fourth-order valence-corrected chi connectivity index (χ4v) is 0.337. The Kier molecular flexibility index (Phi) is 1.27. The molecule has 0 saturated carbocycles. The van der Waals surface area contributed by atoms with Crippen LogP contribution >= 0.6 is 0 Å². The van der Waals surface area contributed by atoms with Gasteiger partial charge in [0.2, 0.25) is 0 Å². The number of aromatic nitrogens is 3. The summed E-state index contributed by atoms with van der Waals surface area (Å²) in [5.74, 6) is 0. The van der Waals surface area contributed by atoms with Crippen LogP contribution in [0.15, 0.2) is 12.7 Å². The summed E-state index contributed by atoms with van der Waals surface area (Å²) in [4.78, 5) is 3.48. The van der Waals surface area contributed by atoms with Crippen molar-refractivity contribution in [1.29, 1.82) is 0 Å². The van der Waals surface area contributed by atoms with Gasteiger partial charge in [-0.1, -0.05) is 0 Å². The third-order valence-electron chi connectivity index (χ3n) is 0.673. The summed E-state index contributed by atoms with van der Waals surface area (Å²) < 4.78 is 0.917. The molecular weight excluding hydrogens is 109 g/mol. The zero-order chi connectivity index (χ0) is 5.98. The number of hydrogen-bond acceptors (Lipinski definition) is 4. The minimum Gasteiger partial charge on any atom is -0.407 e. The van der Waals surface area contributed by atoms with Gasteiger partial charge in [0, 0.05) is 0 Å².